The lowest BCUT2D eigenvalue weighted by Crippen LogP contribution is -2.08. The van der Waals surface area contributed by atoms with Crippen molar-refractivity contribution >= 4 is 17.2 Å². The van der Waals surface area contributed by atoms with Gasteiger partial charge in [-0.2, -0.15) is 10.2 Å². The maximum Gasteiger partial charge on any atom is 0.178 e. The van der Waals surface area contributed by atoms with Crippen molar-refractivity contribution < 1.29 is 4.79 Å². The number of Topliss-reactive ketones (excluding diaryl/α,β-unsaturated/α-hetero) is 1. The van der Waals surface area contributed by atoms with Crippen molar-refractivity contribution in [3.05, 3.63) is 35.9 Å². The monoisotopic (exact) mass is 258 g/mol. The summed E-state index contributed by atoms with van der Waals surface area (Å²) in [5.41, 5.74) is 2.74. The van der Waals surface area contributed by atoms with Crippen LogP contribution in [0.3, 0.4) is 0 Å². The lowest BCUT2D eigenvalue weighted by atomic mass is 10.1. The highest BCUT2D eigenvalue weighted by molar-refractivity contribution is 6.38. The van der Waals surface area contributed by atoms with Gasteiger partial charge in [0.25, 0.3) is 0 Å². The highest BCUT2D eigenvalue weighted by atomic mass is 16.1. The summed E-state index contributed by atoms with van der Waals surface area (Å²) in [6.07, 6.45) is 3.21. The summed E-state index contributed by atoms with van der Waals surface area (Å²) < 4.78 is 0. The minimum absolute atomic E-state index is 0.0549. The van der Waals surface area contributed by atoms with Gasteiger partial charge in [-0.05, 0) is 18.9 Å². The Morgan fingerprint density at radius 2 is 1.79 bits per heavy atom. The number of rotatable bonds is 7. The van der Waals surface area contributed by atoms with Crippen molar-refractivity contribution in [2.24, 2.45) is 10.2 Å². The average molecular weight is 258 g/mol. The number of carbonyl (C=O) groups is 1. The Balaban J connectivity index is 2.80. The molecule has 0 aromatic heterocycles. The molecule has 0 saturated heterocycles. The van der Waals surface area contributed by atoms with E-state index < -0.39 is 0 Å². The minimum Gasteiger partial charge on any atom is -0.293 e. The molecule has 0 amide bonds. The molecule has 1 aromatic rings. The lowest BCUT2D eigenvalue weighted by Gasteiger charge is -2.03. The molecule has 19 heavy (non-hydrogen) atoms. The van der Waals surface area contributed by atoms with E-state index in [0.717, 1.165) is 25.0 Å². The molecule has 0 saturated carbocycles. The van der Waals surface area contributed by atoms with Gasteiger partial charge >= 0.3 is 0 Å². The maximum atomic E-state index is 11.4. The van der Waals surface area contributed by atoms with E-state index in [1.54, 1.807) is 6.92 Å². The van der Waals surface area contributed by atoms with Crippen LogP contribution >= 0.6 is 0 Å². The SMILES string of the molecule is CCC/C(Cc1ccccc1)=N\N=C(/C)C(=O)CC. The summed E-state index contributed by atoms with van der Waals surface area (Å²) in [7, 11) is 0. The van der Waals surface area contributed by atoms with Gasteiger partial charge in [0.15, 0.2) is 5.78 Å². The largest absolute Gasteiger partial charge is 0.293 e. The quantitative estimate of drug-likeness (QED) is 0.541. The number of ketones is 1. The zero-order valence-electron chi connectivity index (χ0n) is 12.0. The molecule has 0 aliphatic rings. The molecule has 0 aliphatic heterocycles. The zero-order chi connectivity index (χ0) is 14.1. The van der Waals surface area contributed by atoms with Gasteiger partial charge < -0.3 is 0 Å². The maximum absolute atomic E-state index is 11.4. The second kappa shape index (κ2) is 8.35. The van der Waals surface area contributed by atoms with Gasteiger partial charge in [-0.3, -0.25) is 4.79 Å². The van der Waals surface area contributed by atoms with E-state index in [0.29, 0.717) is 12.1 Å². The number of hydrogen-bond acceptors (Lipinski definition) is 3. The predicted molar refractivity (Wildman–Crippen MR) is 80.9 cm³/mol. The second-order valence-corrected chi connectivity index (χ2v) is 4.54. The van der Waals surface area contributed by atoms with Crippen LogP contribution in [0.5, 0.6) is 0 Å². The smallest absolute Gasteiger partial charge is 0.178 e. The Kier molecular flexibility index (Phi) is 6.72. The summed E-state index contributed by atoms with van der Waals surface area (Å²) in [5, 5.41) is 8.33. The minimum atomic E-state index is 0.0549. The van der Waals surface area contributed by atoms with Crippen LogP contribution in [0.2, 0.25) is 0 Å². The topological polar surface area (TPSA) is 41.8 Å². The molecule has 3 heteroatoms. The van der Waals surface area contributed by atoms with Crippen molar-refractivity contribution in [3.8, 4) is 0 Å². The van der Waals surface area contributed by atoms with Gasteiger partial charge in [-0.15, -0.1) is 0 Å². The summed E-state index contributed by atoms with van der Waals surface area (Å²) >= 11 is 0. The van der Waals surface area contributed by atoms with Gasteiger partial charge in [0.1, 0.15) is 5.71 Å². The van der Waals surface area contributed by atoms with E-state index in [4.69, 9.17) is 0 Å². The molecular weight excluding hydrogens is 236 g/mol. The molecule has 3 nitrogen and oxygen atoms in total. The van der Waals surface area contributed by atoms with Gasteiger partial charge in [0, 0.05) is 18.6 Å². The standard InChI is InChI=1S/C16H22N2O/c1-4-9-15(12-14-10-7-6-8-11-14)18-17-13(3)16(19)5-2/h6-8,10-11H,4-5,9,12H2,1-3H3/b17-13+,18-15+. The molecule has 0 N–H and O–H groups in total. The van der Waals surface area contributed by atoms with Crippen molar-refractivity contribution in [2.75, 3.05) is 0 Å². The molecule has 0 fully saturated rings. The molecule has 1 rings (SSSR count). The fourth-order valence-corrected chi connectivity index (χ4v) is 1.75. The molecule has 0 unspecified atom stereocenters. The summed E-state index contributed by atoms with van der Waals surface area (Å²) in [5.74, 6) is 0.0549. The Morgan fingerprint density at radius 3 is 2.37 bits per heavy atom. The van der Waals surface area contributed by atoms with Gasteiger partial charge in [-0.25, -0.2) is 0 Å². The van der Waals surface area contributed by atoms with Gasteiger partial charge in [-0.1, -0.05) is 50.6 Å². The fraction of sp³-hybridized carbons (Fsp3) is 0.438. The molecule has 0 spiro atoms. The van der Waals surface area contributed by atoms with E-state index >= 15 is 0 Å². The van der Waals surface area contributed by atoms with Crippen molar-refractivity contribution in [1.82, 2.24) is 0 Å². The normalized spacial score (nSPS) is 12.6. The van der Waals surface area contributed by atoms with E-state index in [9.17, 15) is 4.79 Å². The molecule has 0 radical (unpaired) electrons. The van der Waals surface area contributed by atoms with Gasteiger partial charge in [0.05, 0.1) is 0 Å². The predicted octanol–water partition coefficient (Wildman–Crippen LogP) is 3.83. The molecule has 0 aliphatic carbocycles. The Morgan fingerprint density at radius 1 is 1.11 bits per heavy atom. The first kappa shape index (κ1) is 15.3. The molecule has 0 atom stereocenters. The summed E-state index contributed by atoms with van der Waals surface area (Å²) in [6.45, 7) is 5.68. The number of benzene rings is 1. The number of nitrogens with zero attached hydrogens (tertiary/aromatic N) is 2. The lowest BCUT2D eigenvalue weighted by molar-refractivity contribution is -0.112. The third-order valence-electron chi connectivity index (χ3n) is 2.86. The molecular formula is C16H22N2O. The first-order chi connectivity index (χ1) is 9.17. The highest BCUT2D eigenvalue weighted by Crippen LogP contribution is 2.05. The zero-order valence-corrected chi connectivity index (χ0v) is 12.0. The molecule has 0 bridgehead atoms. The van der Waals surface area contributed by atoms with E-state index in [1.807, 2.05) is 25.1 Å². The van der Waals surface area contributed by atoms with Crippen LogP contribution in [0.15, 0.2) is 40.5 Å². The van der Waals surface area contributed by atoms with E-state index in [-0.39, 0.29) is 5.78 Å². The van der Waals surface area contributed by atoms with Gasteiger partial charge in [0.2, 0.25) is 0 Å². The molecule has 0 heterocycles. The summed E-state index contributed by atoms with van der Waals surface area (Å²) in [6, 6.07) is 10.2. The average Bonchev–Trinajstić information content (AvgIpc) is 2.44. The second-order valence-electron chi connectivity index (χ2n) is 4.54. The molecule has 1 aromatic carbocycles. The van der Waals surface area contributed by atoms with Crippen molar-refractivity contribution in [1.29, 1.82) is 0 Å². The van der Waals surface area contributed by atoms with Crippen LogP contribution in [-0.4, -0.2) is 17.2 Å². The molecule has 102 valence electrons. The first-order valence-corrected chi connectivity index (χ1v) is 6.84. The van der Waals surface area contributed by atoms with E-state index in [1.165, 1.54) is 5.56 Å². The number of carbonyl (C=O) groups excluding carboxylic acids is 1. The van der Waals surface area contributed by atoms with E-state index in [2.05, 4.69) is 29.3 Å². The fourth-order valence-electron chi connectivity index (χ4n) is 1.75. The van der Waals surface area contributed by atoms with Crippen LogP contribution in [-0.2, 0) is 11.2 Å². The third kappa shape index (κ3) is 5.60. The van der Waals surface area contributed by atoms with Crippen LogP contribution in [0.4, 0.5) is 0 Å². The summed E-state index contributed by atoms with van der Waals surface area (Å²) in [4.78, 5) is 11.4. The Hall–Kier alpha value is -1.77. The van der Waals surface area contributed by atoms with Crippen LogP contribution < -0.4 is 0 Å². The Bertz CT molecular complexity index is 461. The van der Waals surface area contributed by atoms with Crippen molar-refractivity contribution in [3.63, 3.8) is 0 Å². The van der Waals surface area contributed by atoms with Crippen LogP contribution in [0.1, 0.15) is 45.6 Å². The number of hydrogen-bond donors (Lipinski definition) is 0. The van der Waals surface area contributed by atoms with Crippen LogP contribution in [0.25, 0.3) is 0 Å². The first-order valence-electron chi connectivity index (χ1n) is 6.84. The Labute approximate surface area is 115 Å². The third-order valence-corrected chi connectivity index (χ3v) is 2.86. The van der Waals surface area contributed by atoms with Crippen molar-refractivity contribution in [2.45, 2.75) is 46.5 Å². The highest BCUT2D eigenvalue weighted by Gasteiger charge is 2.04. The van der Waals surface area contributed by atoms with Crippen LogP contribution in [0, 0.1) is 0 Å².